The van der Waals surface area contributed by atoms with Crippen LogP contribution in [0.5, 0.6) is 0 Å². The average Bonchev–Trinajstić information content (AvgIpc) is 2.02. The molecule has 1 nitrogen and oxygen atoms in total. The summed E-state index contributed by atoms with van der Waals surface area (Å²) in [6.07, 6.45) is -5.77. The van der Waals surface area contributed by atoms with Crippen molar-refractivity contribution < 1.29 is 22.7 Å². The van der Waals surface area contributed by atoms with E-state index >= 15 is 0 Å². The first-order valence-electron chi connectivity index (χ1n) is 3.87. The summed E-state index contributed by atoms with van der Waals surface area (Å²) in [4.78, 5) is 0. The van der Waals surface area contributed by atoms with Crippen LogP contribution in [0.1, 0.15) is 24.2 Å². The Labute approximate surface area is 78.0 Å². The van der Waals surface area contributed by atoms with E-state index in [4.69, 9.17) is 5.11 Å². The second kappa shape index (κ2) is 3.57. The van der Waals surface area contributed by atoms with E-state index in [1.54, 1.807) is 0 Å². The van der Waals surface area contributed by atoms with Crippen molar-refractivity contribution in [2.45, 2.75) is 19.2 Å². The molecule has 1 rings (SSSR count). The summed E-state index contributed by atoms with van der Waals surface area (Å²) in [6, 6.07) is 1.95. The van der Waals surface area contributed by atoms with Crippen molar-refractivity contribution in [2.24, 2.45) is 0 Å². The zero-order chi connectivity index (χ0) is 10.9. The summed E-state index contributed by atoms with van der Waals surface area (Å²) in [5, 5.41) is 8.99. The van der Waals surface area contributed by atoms with E-state index in [2.05, 4.69) is 0 Å². The molecule has 0 fully saturated rings. The standard InChI is InChI=1S/C9H8F4O/c1-5(14)7-4-6(9(11,12)13)2-3-8(7)10/h2-5,14H,1H3. The van der Waals surface area contributed by atoms with Crippen molar-refractivity contribution in [2.75, 3.05) is 0 Å². The predicted octanol–water partition coefficient (Wildman–Crippen LogP) is 2.90. The molecule has 14 heavy (non-hydrogen) atoms. The first kappa shape index (κ1) is 11.0. The molecule has 0 aliphatic carbocycles. The normalized spacial score (nSPS) is 14.1. The van der Waals surface area contributed by atoms with Crippen LogP contribution in [-0.2, 0) is 6.18 Å². The maximum absolute atomic E-state index is 12.9. The largest absolute Gasteiger partial charge is 0.416 e. The van der Waals surface area contributed by atoms with E-state index in [0.29, 0.717) is 18.2 Å². The van der Waals surface area contributed by atoms with E-state index in [9.17, 15) is 17.6 Å². The number of alkyl halides is 3. The molecule has 0 heterocycles. The summed E-state index contributed by atoms with van der Waals surface area (Å²) >= 11 is 0. The van der Waals surface area contributed by atoms with Crippen LogP contribution in [0.4, 0.5) is 17.6 Å². The second-order valence-electron chi connectivity index (χ2n) is 2.91. The number of aliphatic hydroxyl groups excluding tert-OH is 1. The summed E-state index contributed by atoms with van der Waals surface area (Å²) in [5.41, 5.74) is -1.31. The molecule has 0 amide bonds. The van der Waals surface area contributed by atoms with Crippen molar-refractivity contribution in [3.05, 3.63) is 35.1 Å². The minimum atomic E-state index is -4.52. The van der Waals surface area contributed by atoms with Crippen LogP contribution in [0.3, 0.4) is 0 Å². The highest BCUT2D eigenvalue weighted by atomic mass is 19.4. The third kappa shape index (κ3) is 2.23. The van der Waals surface area contributed by atoms with E-state index in [-0.39, 0.29) is 5.56 Å². The maximum Gasteiger partial charge on any atom is 0.416 e. The molecule has 1 aromatic rings. The molecule has 0 saturated carbocycles. The molecule has 1 unspecified atom stereocenters. The lowest BCUT2D eigenvalue weighted by Crippen LogP contribution is -2.07. The molecule has 0 radical (unpaired) electrons. The molecule has 1 atom stereocenters. The van der Waals surface area contributed by atoms with E-state index in [1.165, 1.54) is 6.92 Å². The van der Waals surface area contributed by atoms with Gasteiger partial charge in [-0.15, -0.1) is 0 Å². The Morgan fingerprint density at radius 1 is 1.29 bits per heavy atom. The zero-order valence-corrected chi connectivity index (χ0v) is 7.27. The van der Waals surface area contributed by atoms with Gasteiger partial charge in [0.25, 0.3) is 0 Å². The second-order valence-corrected chi connectivity index (χ2v) is 2.91. The van der Waals surface area contributed by atoms with Gasteiger partial charge in [-0.05, 0) is 25.1 Å². The fourth-order valence-electron chi connectivity index (χ4n) is 1.04. The van der Waals surface area contributed by atoms with Crippen molar-refractivity contribution in [3.8, 4) is 0 Å². The lowest BCUT2D eigenvalue weighted by Gasteiger charge is -2.11. The zero-order valence-electron chi connectivity index (χ0n) is 7.27. The fraction of sp³-hybridized carbons (Fsp3) is 0.333. The van der Waals surface area contributed by atoms with Gasteiger partial charge in [-0.3, -0.25) is 0 Å². The minimum absolute atomic E-state index is 0.347. The average molecular weight is 208 g/mol. The SMILES string of the molecule is CC(O)c1cc(C(F)(F)F)ccc1F. The van der Waals surface area contributed by atoms with Crippen LogP contribution in [-0.4, -0.2) is 5.11 Å². The molecular formula is C9H8F4O. The molecule has 0 saturated heterocycles. The summed E-state index contributed by atoms with van der Waals surface area (Å²) in [5.74, 6) is -0.840. The molecule has 78 valence electrons. The lowest BCUT2D eigenvalue weighted by molar-refractivity contribution is -0.137. The highest BCUT2D eigenvalue weighted by Gasteiger charge is 2.31. The van der Waals surface area contributed by atoms with Gasteiger partial charge in [-0.25, -0.2) is 4.39 Å². The molecule has 0 aliphatic heterocycles. The van der Waals surface area contributed by atoms with Gasteiger partial charge in [0.2, 0.25) is 0 Å². The molecule has 0 spiro atoms. The number of hydrogen-bond donors (Lipinski definition) is 1. The van der Waals surface area contributed by atoms with E-state index in [1.807, 2.05) is 0 Å². The third-order valence-corrected chi connectivity index (χ3v) is 1.77. The quantitative estimate of drug-likeness (QED) is 0.703. The number of hydrogen-bond acceptors (Lipinski definition) is 1. The maximum atomic E-state index is 12.9. The number of halogens is 4. The number of rotatable bonds is 1. The molecule has 0 bridgehead atoms. The molecule has 5 heteroatoms. The van der Waals surface area contributed by atoms with Gasteiger partial charge in [0.1, 0.15) is 5.82 Å². The first-order valence-corrected chi connectivity index (χ1v) is 3.87. The Kier molecular flexibility index (Phi) is 2.80. The minimum Gasteiger partial charge on any atom is -0.389 e. The molecule has 0 aliphatic rings. The van der Waals surface area contributed by atoms with Crippen LogP contribution in [0, 0.1) is 5.82 Å². The van der Waals surface area contributed by atoms with Crippen molar-refractivity contribution >= 4 is 0 Å². The molecule has 1 N–H and O–H groups in total. The first-order chi connectivity index (χ1) is 6.32. The van der Waals surface area contributed by atoms with Crippen LogP contribution in [0.25, 0.3) is 0 Å². The molecule has 1 aromatic carbocycles. The smallest absolute Gasteiger partial charge is 0.389 e. The topological polar surface area (TPSA) is 20.2 Å². The van der Waals surface area contributed by atoms with Crippen molar-refractivity contribution in [1.29, 1.82) is 0 Å². The van der Waals surface area contributed by atoms with E-state index in [0.717, 1.165) is 0 Å². The molecular weight excluding hydrogens is 200 g/mol. The predicted molar refractivity (Wildman–Crippen MR) is 42.0 cm³/mol. The fourth-order valence-corrected chi connectivity index (χ4v) is 1.04. The van der Waals surface area contributed by atoms with Crippen LogP contribution >= 0.6 is 0 Å². The van der Waals surface area contributed by atoms with Gasteiger partial charge < -0.3 is 5.11 Å². The Bertz CT molecular complexity index is 330. The number of benzene rings is 1. The van der Waals surface area contributed by atoms with Gasteiger partial charge in [-0.1, -0.05) is 0 Å². The Balaban J connectivity index is 3.20. The van der Waals surface area contributed by atoms with Crippen molar-refractivity contribution in [3.63, 3.8) is 0 Å². The summed E-state index contributed by atoms with van der Waals surface area (Å²) in [6.45, 7) is 1.21. The Morgan fingerprint density at radius 3 is 2.29 bits per heavy atom. The monoisotopic (exact) mass is 208 g/mol. The Morgan fingerprint density at radius 2 is 1.86 bits per heavy atom. The third-order valence-electron chi connectivity index (χ3n) is 1.77. The van der Waals surface area contributed by atoms with Crippen molar-refractivity contribution in [1.82, 2.24) is 0 Å². The van der Waals surface area contributed by atoms with Gasteiger partial charge in [0.15, 0.2) is 0 Å². The van der Waals surface area contributed by atoms with E-state index < -0.39 is 23.7 Å². The lowest BCUT2D eigenvalue weighted by atomic mass is 10.1. The summed E-state index contributed by atoms with van der Waals surface area (Å²) in [7, 11) is 0. The van der Waals surface area contributed by atoms with Gasteiger partial charge in [0.05, 0.1) is 11.7 Å². The molecule has 0 aromatic heterocycles. The Hall–Kier alpha value is -1.10. The van der Waals surface area contributed by atoms with Gasteiger partial charge >= 0.3 is 6.18 Å². The van der Waals surface area contributed by atoms with Gasteiger partial charge in [0, 0.05) is 5.56 Å². The van der Waals surface area contributed by atoms with Gasteiger partial charge in [-0.2, -0.15) is 13.2 Å². The van der Waals surface area contributed by atoms with Crippen LogP contribution in [0.15, 0.2) is 18.2 Å². The highest BCUT2D eigenvalue weighted by Crippen LogP contribution is 2.31. The highest BCUT2D eigenvalue weighted by molar-refractivity contribution is 5.28. The van der Waals surface area contributed by atoms with Crippen LogP contribution in [0.2, 0.25) is 0 Å². The summed E-state index contributed by atoms with van der Waals surface area (Å²) < 4.78 is 49.4. The van der Waals surface area contributed by atoms with Crippen LogP contribution < -0.4 is 0 Å². The number of aliphatic hydroxyl groups is 1.